The molecule has 0 aromatic heterocycles. The summed E-state index contributed by atoms with van der Waals surface area (Å²) < 4.78 is 13.7. The first-order valence-corrected chi connectivity index (χ1v) is 8.22. The topological polar surface area (TPSA) is 41.1 Å². The molecule has 1 fully saturated rings. The van der Waals surface area contributed by atoms with Gasteiger partial charge in [0.15, 0.2) is 0 Å². The number of hydrogen-bond acceptors (Lipinski definition) is 2. The van der Waals surface area contributed by atoms with Gasteiger partial charge >= 0.3 is 0 Å². The van der Waals surface area contributed by atoms with Gasteiger partial charge in [0.1, 0.15) is 5.82 Å². The van der Waals surface area contributed by atoms with Crippen LogP contribution in [0.25, 0.3) is 0 Å². The van der Waals surface area contributed by atoms with E-state index in [2.05, 4.69) is 33.5 Å². The quantitative estimate of drug-likeness (QED) is 0.822. The smallest absolute Gasteiger partial charge is 0.223 e. The summed E-state index contributed by atoms with van der Waals surface area (Å²) in [5.74, 6) is -0.0280. The zero-order valence-electron chi connectivity index (χ0n) is 12.9. The average molecular weight is 394 g/mol. The third kappa shape index (κ3) is 5.52. The number of halogens is 3. The second-order valence-corrected chi connectivity index (χ2v) is 6.79. The third-order valence-electron chi connectivity index (χ3n) is 3.91. The molecule has 0 radical (unpaired) electrons. The van der Waals surface area contributed by atoms with Crippen LogP contribution in [0.1, 0.15) is 32.3 Å². The molecule has 1 heterocycles. The number of benzene rings is 1. The lowest BCUT2D eigenvalue weighted by Gasteiger charge is -2.28. The lowest BCUT2D eigenvalue weighted by Crippen LogP contribution is -2.45. The van der Waals surface area contributed by atoms with E-state index in [0.29, 0.717) is 16.9 Å². The Morgan fingerprint density at radius 2 is 2.27 bits per heavy atom. The molecular weight excluding hydrogens is 371 g/mol. The minimum Gasteiger partial charge on any atom is -0.353 e. The van der Waals surface area contributed by atoms with Crippen LogP contribution in [-0.2, 0) is 11.2 Å². The predicted molar refractivity (Wildman–Crippen MR) is 92.8 cm³/mol. The van der Waals surface area contributed by atoms with E-state index in [4.69, 9.17) is 0 Å². The van der Waals surface area contributed by atoms with Crippen LogP contribution in [0.15, 0.2) is 22.7 Å². The van der Waals surface area contributed by atoms with Gasteiger partial charge in [-0.1, -0.05) is 6.07 Å². The highest BCUT2D eigenvalue weighted by atomic mass is 79.9. The van der Waals surface area contributed by atoms with Gasteiger partial charge in [-0.25, -0.2) is 4.39 Å². The number of carbonyl (C=O) groups excluding carboxylic acids is 1. The third-order valence-corrected chi connectivity index (χ3v) is 4.52. The Hall–Kier alpha value is -0.650. The van der Waals surface area contributed by atoms with Crippen molar-refractivity contribution in [1.29, 1.82) is 0 Å². The van der Waals surface area contributed by atoms with Gasteiger partial charge in [0, 0.05) is 18.0 Å². The van der Waals surface area contributed by atoms with Crippen LogP contribution in [0, 0.1) is 11.7 Å². The number of amides is 1. The fraction of sp³-hybridized carbons (Fsp3) is 0.562. The van der Waals surface area contributed by atoms with Gasteiger partial charge in [0.05, 0.1) is 4.47 Å². The minimum atomic E-state index is -0.265. The lowest BCUT2D eigenvalue weighted by atomic mass is 9.92. The Morgan fingerprint density at radius 1 is 1.55 bits per heavy atom. The Morgan fingerprint density at radius 3 is 2.91 bits per heavy atom. The van der Waals surface area contributed by atoms with Gasteiger partial charge in [-0.2, -0.15) is 0 Å². The molecule has 1 aromatic carbocycles. The van der Waals surface area contributed by atoms with E-state index in [1.54, 1.807) is 12.1 Å². The van der Waals surface area contributed by atoms with E-state index >= 15 is 0 Å². The van der Waals surface area contributed by atoms with Crippen molar-refractivity contribution in [3.8, 4) is 0 Å². The second kappa shape index (κ2) is 8.85. The molecule has 2 rings (SSSR count). The zero-order valence-corrected chi connectivity index (χ0v) is 15.3. The van der Waals surface area contributed by atoms with Crippen molar-refractivity contribution < 1.29 is 9.18 Å². The molecule has 0 aliphatic carbocycles. The molecular formula is C16H23BrClFN2O. The standard InChI is InChI=1S/C16H22BrFN2O.ClH/c1-10-8-13(5-6-19-10)16(21)20-11(2)7-12-3-4-15(18)14(17)9-12;/h3-4,9-11,13,19H,5-8H2,1-2H3,(H,20,21);1H/t10-,11?,13-;/m0./s1. The molecule has 6 heteroatoms. The van der Waals surface area contributed by atoms with Crippen LogP contribution in [0.4, 0.5) is 4.39 Å². The molecule has 22 heavy (non-hydrogen) atoms. The van der Waals surface area contributed by atoms with Gasteiger partial charge in [0.2, 0.25) is 5.91 Å². The summed E-state index contributed by atoms with van der Waals surface area (Å²) >= 11 is 3.19. The second-order valence-electron chi connectivity index (χ2n) is 5.94. The van der Waals surface area contributed by atoms with Crippen LogP contribution in [0.5, 0.6) is 0 Å². The van der Waals surface area contributed by atoms with Gasteiger partial charge in [-0.3, -0.25) is 4.79 Å². The van der Waals surface area contributed by atoms with Crippen molar-refractivity contribution in [3.63, 3.8) is 0 Å². The summed E-state index contributed by atoms with van der Waals surface area (Å²) in [6.07, 6.45) is 2.48. The average Bonchev–Trinajstić information content (AvgIpc) is 2.43. The fourth-order valence-corrected chi connectivity index (χ4v) is 3.23. The molecule has 2 N–H and O–H groups in total. The molecule has 1 aliphatic rings. The van der Waals surface area contributed by atoms with E-state index in [1.807, 2.05) is 6.92 Å². The monoisotopic (exact) mass is 392 g/mol. The van der Waals surface area contributed by atoms with Crippen LogP contribution in [-0.4, -0.2) is 24.5 Å². The largest absolute Gasteiger partial charge is 0.353 e. The summed E-state index contributed by atoms with van der Waals surface area (Å²) in [6, 6.07) is 5.42. The van der Waals surface area contributed by atoms with Gasteiger partial charge < -0.3 is 10.6 Å². The predicted octanol–water partition coefficient (Wildman–Crippen LogP) is 3.45. The summed E-state index contributed by atoms with van der Waals surface area (Å²) in [4.78, 5) is 12.3. The van der Waals surface area contributed by atoms with Gasteiger partial charge in [0.25, 0.3) is 0 Å². The van der Waals surface area contributed by atoms with E-state index in [0.717, 1.165) is 24.9 Å². The molecule has 3 nitrogen and oxygen atoms in total. The lowest BCUT2D eigenvalue weighted by molar-refractivity contribution is -0.126. The first kappa shape index (κ1) is 19.4. The van der Waals surface area contributed by atoms with E-state index in [9.17, 15) is 9.18 Å². The van der Waals surface area contributed by atoms with Crippen molar-refractivity contribution in [2.75, 3.05) is 6.54 Å². The number of carbonyl (C=O) groups is 1. The molecule has 0 bridgehead atoms. The Balaban J connectivity index is 0.00000242. The maximum absolute atomic E-state index is 13.2. The number of piperidine rings is 1. The summed E-state index contributed by atoms with van der Waals surface area (Å²) in [5.41, 5.74) is 1.01. The molecule has 1 unspecified atom stereocenters. The van der Waals surface area contributed by atoms with Crippen molar-refractivity contribution >= 4 is 34.2 Å². The van der Waals surface area contributed by atoms with Crippen LogP contribution >= 0.6 is 28.3 Å². The van der Waals surface area contributed by atoms with Gasteiger partial charge in [-0.15, -0.1) is 12.4 Å². The molecule has 1 saturated heterocycles. The Kier molecular flexibility index (Phi) is 7.80. The van der Waals surface area contributed by atoms with Crippen LogP contribution in [0.2, 0.25) is 0 Å². The normalized spacial score (nSPS) is 22.5. The number of hydrogen-bond donors (Lipinski definition) is 2. The SMILES string of the molecule is CC(Cc1ccc(F)c(Br)c1)NC(=O)[C@H]1CCN[C@@H](C)C1.Cl. The molecule has 3 atom stereocenters. The van der Waals surface area contributed by atoms with E-state index in [-0.39, 0.29) is 36.1 Å². The maximum atomic E-state index is 13.2. The molecule has 1 aliphatic heterocycles. The van der Waals surface area contributed by atoms with Crippen LogP contribution in [0.3, 0.4) is 0 Å². The molecule has 1 aromatic rings. The van der Waals surface area contributed by atoms with Crippen molar-refractivity contribution in [2.45, 2.75) is 45.2 Å². The van der Waals surface area contributed by atoms with Crippen molar-refractivity contribution in [2.24, 2.45) is 5.92 Å². The van der Waals surface area contributed by atoms with Gasteiger partial charge in [-0.05, 0) is 73.3 Å². The highest BCUT2D eigenvalue weighted by Crippen LogP contribution is 2.19. The van der Waals surface area contributed by atoms with Crippen molar-refractivity contribution in [1.82, 2.24) is 10.6 Å². The first-order valence-electron chi connectivity index (χ1n) is 7.43. The summed E-state index contributed by atoms with van der Waals surface area (Å²) in [7, 11) is 0. The van der Waals surface area contributed by atoms with Crippen LogP contribution < -0.4 is 10.6 Å². The maximum Gasteiger partial charge on any atom is 0.223 e. The first-order chi connectivity index (χ1) is 9.95. The highest BCUT2D eigenvalue weighted by molar-refractivity contribution is 9.10. The fourth-order valence-electron chi connectivity index (χ4n) is 2.80. The molecule has 0 spiro atoms. The minimum absolute atomic E-state index is 0. The highest BCUT2D eigenvalue weighted by Gasteiger charge is 2.25. The Bertz CT molecular complexity index is 515. The molecule has 0 saturated carbocycles. The van der Waals surface area contributed by atoms with Crippen molar-refractivity contribution in [3.05, 3.63) is 34.1 Å². The summed E-state index contributed by atoms with van der Waals surface area (Å²) in [6.45, 7) is 5.00. The number of rotatable bonds is 4. The Labute approximate surface area is 146 Å². The summed E-state index contributed by atoms with van der Waals surface area (Å²) in [5, 5.41) is 6.43. The molecule has 1 amide bonds. The van der Waals surface area contributed by atoms with E-state index < -0.39 is 0 Å². The zero-order chi connectivity index (χ0) is 15.4. The number of nitrogens with one attached hydrogen (secondary N) is 2. The van der Waals surface area contributed by atoms with E-state index in [1.165, 1.54) is 6.07 Å². The molecule has 124 valence electrons.